The predicted octanol–water partition coefficient (Wildman–Crippen LogP) is 13.1. The maximum absolute atomic E-state index is 2.47. The van der Waals surface area contributed by atoms with Crippen LogP contribution in [0.5, 0.6) is 0 Å². The molecule has 8 aromatic carbocycles. The molecule has 9 rings (SSSR count). The van der Waals surface area contributed by atoms with Crippen LogP contribution in [0.25, 0.3) is 83.1 Å². The molecule has 0 spiro atoms. The Labute approximate surface area is 287 Å². The van der Waals surface area contributed by atoms with Crippen molar-refractivity contribution in [3.05, 3.63) is 200 Å². The summed E-state index contributed by atoms with van der Waals surface area (Å²) in [7, 11) is 0. The summed E-state index contributed by atoms with van der Waals surface area (Å²) in [6, 6.07) is 72.4. The fourth-order valence-corrected chi connectivity index (χ4v) is 7.19. The van der Waals surface area contributed by atoms with Crippen molar-refractivity contribution >= 4 is 21.8 Å². The molecule has 230 valence electrons. The minimum atomic E-state index is 1.14. The summed E-state index contributed by atoms with van der Waals surface area (Å²) in [5, 5.41) is 2.47. The molecule has 0 aliphatic rings. The van der Waals surface area contributed by atoms with Gasteiger partial charge in [0, 0.05) is 22.0 Å². The third-order valence-corrected chi connectivity index (χ3v) is 9.57. The lowest BCUT2D eigenvalue weighted by Crippen LogP contribution is -1.96. The Hall–Kier alpha value is -6.44. The summed E-state index contributed by atoms with van der Waals surface area (Å²) < 4.78 is 2.47. The van der Waals surface area contributed by atoms with Gasteiger partial charge in [-0.2, -0.15) is 0 Å². The third kappa shape index (κ3) is 5.32. The maximum Gasteiger partial charge on any atom is 0.0619 e. The number of rotatable bonds is 6. The molecule has 0 radical (unpaired) electrons. The number of hydrogen-bond donors (Lipinski definition) is 0. The Kier molecular flexibility index (Phi) is 7.22. The maximum atomic E-state index is 2.47. The Bertz CT molecular complexity index is 2560. The van der Waals surface area contributed by atoms with Crippen LogP contribution in [0.15, 0.2) is 200 Å². The minimum absolute atomic E-state index is 1.14. The number of hydrogen-bond acceptors (Lipinski definition) is 0. The van der Waals surface area contributed by atoms with Gasteiger partial charge in [-0.05, 0) is 92.5 Å². The number of benzene rings is 8. The fraction of sp³-hybridized carbons (Fsp3) is 0. The van der Waals surface area contributed by atoms with Gasteiger partial charge in [-0.15, -0.1) is 0 Å². The van der Waals surface area contributed by atoms with Gasteiger partial charge in [-0.3, -0.25) is 0 Å². The first kappa shape index (κ1) is 28.8. The van der Waals surface area contributed by atoms with Crippen LogP contribution in [0.4, 0.5) is 0 Å². The number of aromatic nitrogens is 1. The van der Waals surface area contributed by atoms with E-state index >= 15 is 0 Å². The first-order chi connectivity index (χ1) is 24.3. The lowest BCUT2D eigenvalue weighted by Gasteiger charge is -2.15. The minimum Gasteiger partial charge on any atom is -0.309 e. The summed E-state index contributed by atoms with van der Waals surface area (Å²) in [6.45, 7) is 0. The number of fused-ring (bicyclic) bond motifs is 3. The molecule has 1 heteroatoms. The van der Waals surface area contributed by atoms with E-state index in [1.54, 1.807) is 0 Å². The van der Waals surface area contributed by atoms with Crippen molar-refractivity contribution < 1.29 is 0 Å². The highest BCUT2D eigenvalue weighted by molar-refractivity contribution is 6.16. The summed E-state index contributed by atoms with van der Waals surface area (Å²) in [5.74, 6) is 0. The van der Waals surface area contributed by atoms with E-state index in [1.165, 1.54) is 77.4 Å². The molecular formula is C48H33N. The highest BCUT2D eigenvalue weighted by Gasteiger charge is 2.20. The zero-order valence-electron chi connectivity index (χ0n) is 27.0. The fourth-order valence-electron chi connectivity index (χ4n) is 7.19. The molecule has 0 unspecified atom stereocenters. The van der Waals surface area contributed by atoms with Crippen LogP contribution in [0.2, 0.25) is 0 Å². The number of nitrogens with zero attached hydrogens (tertiary/aromatic N) is 1. The molecule has 9 aromatic rings. The zero-order valence-corrected chi connectivity index (χ0v) is 27.0. The Balaban J connectivity index is 1.35. The van der Waals surface area contributed by atoms with E-state index in [4.69, 9.17) is 0 Å². The van der Waals surface area contributed by atoms with E-state index in [9.17, 15) is 0 Å². The monoisotopic (exact) mass is 623 g/mol. The van der Waals surface area contributed by atoms with Crippen LogP contribution in [0.1, 0.15) is 0 Å². The van der Waals surface area contributed by atoms with Crippen molar-refractivity contribution in [2.75, 3.05) is 0 Å². The molecule has 0 saturated heterocycles. The Morgan fingerprint density at radius 3 is 1.33 bits per heavy atom. The molecule has 1 nitrogen and oxygen atoms in total. The highest BCUT2D eigenvalue weighted by Crippen LogP contribution is 2.43. The van der Waals surface area contributed by atoms with E-state index in [0.717, 1.165) is 5.69 Å². The van der Waals surface area contributed by atoms with Crippen molar-refractivity contribution in [1.82, 2.24) is 4.57 Å². The van der Waals surface area contributed by atoms with Gasteiger partial charge in [-0.25, -0.2) is 0 Å². The SMILES string of the molecule is c1ccc(-c2cccc(-c3ccc4c(c3)c3cc(-c5ccccc5)cc(-c5ccccc5)c3n4-c3cccc(-c4ccccc4)c3)c2)cc1. The molecule has 1 aromatic heterocycles. The van der Waals surface area contributed by atoms with E-state index in [1.807, 2.05) is 0 Å². The predicted molar refractivity (Wildman–Crippen MR) is 208 cm³/mol. The molecule has 0 aliphatic carbocycles. The van der Waals surface area contributed by atoms with E-state index in [-0.39, 0.29) is 0 Å². The van der Waals surface area contributed by atoms with E-state index in [0.29, 0.717) is 0 Å². The van der Waals surface area contributed by atoms with Gasteiger partial charge < -0.3 is 4.57 Å². The second kappa shape index (κ2) is 12.3. The second-order valence-corrected chi connectivity index (χ2v) is 12.6. The molecule has 0 amide bonds. The van der Waals surface area contributed by atoms with Crippen LogP contribution >= 0.6 is 0 Å². The Morgan fingerprint density at radius 2 is 0.714 bits per heavy atom. The third-order valence-electron chi connectivity index (χ3n) is 9.57. The van der Waals surface area contributed by atoms with E-state index in [2.05, 4.69) is 205 Å². The van der Waals surface area contributed by atoms with Crippen molar-refractivity contribution in [1.29, 1.82) is 0 Å². The molecule has 0 fully saturated rings. The first-order valence-corrected chi connectivity index (χ1v) is 16.8. The standard InChI is InChI=1S/C48H33N/c1-5-15-34(16-6-1)38-23-13-24-39(29-38)41-27-28-47-45(31-41)46-33-42(36-19-9-3-10-20-36)32-44(37-21-11-4-12-22-37)48(46)49(47)43-26-14-25-40(30-43)35-17-7-2-8-18-35/h1-33H. The smallest absolute Gasteiger partial charge is 0.0619 e. The molecule has 0 bridgehead atoms. The summed E-state index contributed by atoms with van der Waals surface area (Å²) in [4.78, 5) is 0. The Morgan fingerprint density at radius 1 is 0.265 bits per heavy atom. The summed E-state index contributed by atoms with van der Waals surface area (Å²) in [5.41, 5.74) is 15.6. The van der Waals surface area contributed by atoms with Gasteiger partial charge >= 0.3 is 0 Å². The van der Waals surface area contributed by atoms with Crippen molar-refractivity contribution in [3.63, 3.8) is 0 Å². The van der Waals surface area contributed by atoms with Gasteiger partial charge in [0.15, 0.2) is 0 Å². The van der Waals surface area contributed by atoms with Gasteiger partial charge in [0.05, 0.1) is 11.0 Å². The van der Waals surface area contributed by atoms with Crippen LogP contribution in [-0.4, -0.2) is 4.57 Å². The summed E-state index contributed by atoms with van der Waals surface area (Å²) in [6.07, 6.45) is 0. The molecule has 0 aliphatic heterocycles. The van der Waals surface area contributed by atoms with Crippen LogP contribution < -0.4 is 0 Å². The average Bonchev–Trinajstić information content (AvgIpc) is 3.53. The van der Waals surface area contributed by atoms with Crippen LogP contribution in [0.3, 0.4) is 0 Å². The summed E-state index contributed by atoms with van der Waals surface area (Å²) >= 11 is 0. The molecule has 0 N–H and O–H groups in total. The quantitative estimate of drug-likeness (QED) is 0.174. The second-order valence-electron chi connectivity index (χ2n) is 12.6. The molecular weight excluding hydrogens is 591 g/mol. The van der Waals surface area contributed by atoms with Crippen molar-refractivity contribution in [2.45, 2.75) is 0 Å². The molecule has 0 atom stereocenters. The highest BCUT2D eigenvalue weighted by atomic mass is 15.0. The average molecular weight is 624 g/mol. The molecule has 49 heavy (non-hydrogen) atoms. The van der Waals surface area contributed by atoms with Crippen molar-refractivity contribution in [3.8, 4) is 61.3 Å². The first-order valence-electron chi connectivity index (χ1n) is 16.8. The zero-order chi connectivity index (χ0) is 32.6. The lowest BCUT2D eigenvalue weighted by atomic mass is 9.94. The van der Waals surface area contributed by atoms with Gasteiger partial charge in [0.1, 0.15) is 0 Å². The normalized spacial score (nSPS) is 11.3. The lowest BCUT2D eigenvalue weighted by molar-refractivity contribution is 1.18. The topological polar surface area (TPSA) is 4.93 Å². The van der Waals surface area contributed by atoms with Crippen molar-refractivity contribution in [2.24, 2.45) is 0 Å². The van der Waals surface area contributed by atoms with Gasteiger partial charge in [0.25, 0.3) is 0 Å². The molecule has 1 heterocycles. The van der Waals surface area contributed by atoms with Gasteiger partial charge in [0.2, 0.25) is 0 Å². The van der Waals surface area contributed by atoms with Gasteiger partial charge in [-0.1, -0.05) is 158 Å². The van der Waals surface area contributed by atoms with Crippen LogP contribution in [-0.2, 0) is 0 Å². The van der Waals surface area contributed by atoms with Crippen LogP contribution in [0, 0.1) is 0 Å². The largest absolute Gasteiger partial charge is 0.309 e. The van der Waals surface area contributed by atoms with E-state index < -0.39 is 0 Å². The molecule has 0 saturated carbocycles.